The molecule has 0 aliphatic carbocycles. The number of nitrogens with one attached hydrogen (secondary N) is 1. The van der Waals surface area contributed by atoms with Crippen LogP contribution in [0.1, 0.15) is 18.4 Å². The van der Waals surface area contributed by atoms with Gasteiger partial charge < -0.3 is 9.47 Å². The molecule has 0 spiro atoms. The molecular formula is C22H27N4O2+. The summed E-state index contributed by atoms with van der Waals surface area (Å²) in [5, 5.41) is 0. The zero-order valence-corrected chi connectivity index (χ0v) is 16.3. The number of ether oxygens (including phenoxy) is 2. The van der Waals surface area contributed by atoms with Gasteiger partial charge in [-0.05, 0) is 30.5 Å². The minimum absolute atomic E-state index is 0.380. The van der Waals surface area contributed by atoms with Gasteiger partial charge in [0.15, 0.2) is 13.3 Å². The van der Waals surface area contributed by atoms with Crippen molar-refractivity contribution < 1.29 is 14.4 Å². The SMILES string of the molecule is COc1ccc2c(c1)nc1n2C[NH+](C[C@@H]2CCCO2)CN1Cc1ccccc1. The van der Waals surface area contributed by atoms with E-state index >= 15 is 0 Å². The third-order valence-electron chi connectivity index (χ3n) is 5.77. The standard InChI is InChI=1S/C22H26N4O2/c1-27-18-9-10-21-20(12-18)23-22-25(13-17-6-3-2-4-7-17)15-24(16-26(21)22)14-19-8-5-11-28-19/h2-4,6-7,9-10,12,19H,5,8,11,13-16H2,1H3/p+1/t19-/m0/s1. The fraction of sp³-hybridized carbons (Fsp3) is 0.409. The van der Waals surface area contributed by atoms with E-state index in [-0.39, 0.29) is 0 Å². The molecule has 0 bridgehead atoms. The van der Waals surface area contributed by atoms with E-state index in [1.165, 1.54) is 28.8 Å². The monoisotopic (exact) mass is 379 g/mol. The maximum Gasteiger partial charge on any atom is 0.215 e. The van der Waals surface area contributed by atoms with Crippen LogP contribution in [0.5, 0.6) is 5.75 Å². The van der Waals surface area contributed by atoms with Crippen molar-refractivity contribution >= 4 is 17.0 Å². The predicted molar refractivity (Wildman–Crippen MR) is 109 cm³/mol. The lowest BCUT2D eigenvalue weighted by Crippen LogP contribution is -3.15. The van der Waals surface area contributed by atoms with Crippen molar-refractivity contribution in [3.63, 3.8) is 0 Å². The smallest absolute Gasteiger partial charge is 0.215 e. The Labute approximate surface area is 165 Å². The van der Waals surface area contributed by atoms with Crippen LogP contribution in [0.15, 0.2) is 48.5 Å². The second-order valence-electron chi connectivity index (χ2n) is 7.78. The van der Waals surface area contributed by atoms with Crippen molar-refractivity contribution in [1.29, 1.82) is 0 Å². The Balaban J connectivity index is 1.50. The summed E-state index contributed by atoms with van der Waals surface area (Å²) in [6.07, 6.45) is 2.74. The molecule has 0 radical (unpaired) electrons. The number of aromatic nitrogens is 2. The molecular weight excluding hydrogens is 352 g/mol. The minimum Gasteiger partial charge on any atom is -0.497 e. The van der Waals surface area contributed by atoms with Gasteiger partial charge in [0.25, 0.3) is 0 Å². The highest BCUT2D eigenvalue weighted by Gasteiger charge is 2.31. The van der Waals surface area contributed by atoms with E-state index in [0.29, 0.717) is 6.10 Å². The van der Waals surface area contributed by atoms with Crippen molar-refractivity contribution in [2.75, 3.05) is 31.8 Å². The van der Waals surface area contributed by atoms with Crippen LogP contribution in [-0.4, -0.2) is 42.6 Å². The number of hydrogen-bond donors (Lipinski definition) is 1. The van der Waals surface area contributed by atoms with E-state index in [1.807, 2.05) is 12.1 Å². The highest BCUT2D eigenvalue weighted by Crippen LogP contribution is 2.27. The molecule has 2 aliphatic rings. The van der Waals surface area contributed by atoms with Gasteiger partial charge in [0.2, 0.25) is 5.95 Å². The van der Waals surface area contributed by atoms with Gasteiger partial charge in [-0.2, -0.15) is 0 Å². The molecule has 2 aliphatic heterocycles. The average Bonchev–Trinajstić information content (AvgIpc) is 3.36. The number of imidazole rings is 1. The van der Waals surface area contributed by atoms with Gasteiger partial charge in [0.1, 0.15) is 18.4 Å². The van der Waals surface area contributed by atoms with Crippen molar-refractivity contribution in [2.45, 2.75) is 32.2 Å². The molecule has 6 heteroatoms. The molecule has 1 saturated heterocycles. The summed E-state index contributed by atoms with van der Waals surface area (Å²) in [5.41, 5.74) is 3.46. The summed E-state index contributed by atoms with van der Waals surface area (Å²) in [7, 11) is 1.70. The maximum absolute atomic E-state index is 5.92. The van der Waals surface area contributed by atoms with Crippen LogP contribution < -0.4 is 14.5 Å². The molecule has 0 amide bonds. The van der Waals surface area contributed by atoms with E-state index in [1.54, 1.807) is 7.11 Å². The summed E-state index contributed by atoms with van der Waals surface area (Å²) in [5.74, 6) is 1.89. The number of quaternary nitrogens is 1. The number of hydrogen-bond acceptors (Lipinski definition) is 4. The predicted octanol–water partition coefficient (Wildman–Crippen LogP) is 2.04. The summed E-state index contributed by atoms with van der Waals surface area (Å²) in [6.45, 7) is 4.67. The molecule has 5 rings (SSSR count). The van der Waals surface area contributed by atoms with Crippen LogP contribution in [0, 0.1) is 0 Å². The number of nitrogens with zero attached hydrogens (tertiary/aromatic N) is 3. The second-order valence-corrected chi connectivity index (χ2v) is 7.78. The Morgan fingerprint density at radius 2 is 2.07 bits per heavy atom. The summed E-state index contributed by atoms with van der Waals surface area (Å²) >= 11 is 0. The summed E-state index contributed by atoms with van der Waals surface area (Å²) in [6, 6.07) is 16.8. The van der Waals surface area contributed by atoms with Crippen molar-refractivity contribution in [3.8, 4) is 5.75 Å². The topological polar surface area (TPSA) is 44.0 Å². The molecule has 146 valence electrons. The first-order chi connectivity index (χ1) is 13.8. The third-order valence-corrected chi connectivity index (χ3v) is 5.77. The molecule has 0 saturated carbocycles. The lowest BCUT2D eigenvalue weighted by molar-refractivity contribution is -0.927. The van der Waals surface area contributed by atoms with Gasteiger partial charge in [0.05, 0.1) is 24.7 Å². The minimum atomic E-state index is 0.380. The number of benzene rings is 2. The van der Waals surface area contributed by atoms with Crippen LogP contribution in [-0.2, 0) is 18.0 Å². The molecule has 28 heavy (non-hydrogen) atoms. The van der Waals surface area contributed by atoms with Gasteiger partial charge >= 0.3 is 0 Å². The molecule has 3 heterocycles. The molecule has 1 aromatic heterocycles. The Morgan fingerprint density at radius 1 is 1.18 bits per heavy atom. The lowest BCUT2D eigenvalue weighted by atomic mass is 10.2. The van der Waals surface area contributed by atoms with Crippen molar-refractivity contribution in [1.82, 2.24) is 9.55 Å². The number of rotatable bonds is 5. The molecule has 1 N–H and O–H groups in total. The summed E-state index contributed by atoms with van der Waals surface area (Å²) < 4.78 is 13.7. The van der Waals surface area contributed by atoms with Gasteiger partial charge in [0, 0.05) is 12.7 Å². The average molecular weight is 379 g/mol. The quantitative estimate of drug-likeness (QED) is 0.737. The number of anilines is 1. The largest absolute Gasteiger partial charge is 0.497 e. The van der Waals surface area contributed by atoms with E-state index < -0.39 is 0 Å². The van der Waals surface area contributed by atoms with Gasteiger partial charge in [-0.25, -0.2) is 4.98 Å². The first-order valence-electron chi connectivity index (χ1n) is 10.1. The van der Waals surface area contributed by atoms with Crippen molar-refractivity contribution in [2.24, 2.45) is 0 Å². The fourth-order valence-electron chi connectivity index (χ4n) is 4.42. The van der Waals surface area contributed by atoms with Crippen LogP contribution in [0.4, 0.5) is 5.95 Å². The second kappa shape index (κ2) is 7.45. The van der Waals surface area contributed by atoms with Crippen LogP contribution in [0.25, 0.3) is 11.0 Å². The number of methoxy groups -OCH3 is 1. The Morgan fingerprint density at radius 3 is 2.86 bits per heavy atom. The zero-order valence-electron chi connectivity index (χ0n) is 16.3. The highest BCUT2D eigenvalue weighted by molar-refractivity contribution is 5.80. The molecule has 1 unspecified atom stereocenters. The molecule has 2 atom stereocenters. The first-order valence-corrected chi connectivity index (χ1v) is 10.1. The van der Waals surface area contributed by atoms with Crippen LogP contribution in [0.3, 0.4) is 0 Å². The first kappa shape index (κ1) is 17.5. The van der Waals surface area contributed by atoms with E-state index in [4.69, 9.17) is 14.5 Å². The van der Waals surface area contributed by atoms with Crippen molar-refractivity contribution in [3.05, 3.63) is 54.1 Å². The van der Waals surface area contributed by atoms with E-state index in [2.05, 4.69) is 45.9 Å². The Hall–Kier alpha value is -2.57. The van der Waals surface area contributed by atoms with E-state index in [9.17, 15) is 0 Å². The molecule has 3 aromatic rings. The Kier molecular flexibility index (Phi) is 4.66. The van der Waals surface area contributed by atoms with Gasteiger partial charge in [-0.15, -0.1) is 0 Å². The summed E-state index contributed by atoms with van der Waals surface area (Å²) in [4.78, 5) is 8.89. The fourth-order valence-corrected chi connectivity index (χ4v) is 4.42. The molecule has 2 aromatic carbocycles. The van der Waals surface area contributed by atoms with Gasteiger partial charge in [-0.3, -0.25) is 14.4 Å². The third kappa shape index (κ3) is 3.34. The van der Waals surface area contributed by atoms with Gasteiger partial charge in [-0.1, -0.05) is 30.3 Å². The Bertz CT molecular complexity index is 950. The normalized spacial score (nSPS) is 21.8. The lowest BCUT2D eigenvalue weighted by Gasteiger charge is -2.35. The van der Waals surface area contributed by atoms with Crippen LogP contribution in [0.2, 0.25) is 0 Å². The van der Waals surface area contributed by atoms with E-state index in [0.717, 1.165) is 50.2 Å². The maximum atomic E-state index is 5.92. The molecule has 1 fully saturated rings. The van der Waals surface area contributed by atoms with Crippen LogP contribution >= 0.6 is 0 Å². The molecule has 6 nitrogen and oxygen atoms in total. The highest BCUT2D eigenvalue weighted by atomic mass is 16.5. The number of fused-ring (bicyclic) bond motifs is 3. The zero-order chi connectivity index (χ0) is 18.9.